The summed E-state index contributed by atoms with van der Waals surface area (Å²) >= 11 is 3.83. The molecule has 1 aromatic heterocycles. The molecule has 1 atom stereocenters. The van der Waals surface area contributed by atoms with Crippen LogP contribution < -0.4 is 10.9 Å². The molecule has 92 valence electrons. The van der Waals surface area contributed by atoms with Crippen molar-refractivity contribution < 1.29 is 4.79 Å². The minimum atomic E-state index is -0.250. The predicted molar refractivity (Wildman–Crippen MR) is 73.0 cm³/mol. The number of nitrogens with one attached hydrogen (secondary N) is 2. The van der Waals surface area contributed by atoms with Gasteiger partial charge in [0, 0.05) is 46.9 Å². The lowest BCUT2D eigenvalue weighted by Crippen LogP contribution is -2.33. The Morgan fingerprint density at radius 3 is 3.12 bits per heavy atom. The summed E-state index contributed by atoms with van der Waals surface area (Å²) < 4.78 is 0. The van der Waals surface area contributed by atoms with Gasteiger partial charge in [0.25, 0.3) is 5.91 Å². The Bertz CT molecular complexity index is 441. The molecule has 1 aliphatic heterocycles. The maximum atomic E-state index is 11.8. The number of H-pyrrole nitrogens is 1. The third kappa shape index (κ3) is 3.81. The van der Waals surface area contributed by atoms with E-state index in [-0.39, 0.29) is 11.5 Å². The Morgan fingerprint density at radius 1 is 1.53 bits per heavy atom. The Labute approximate surface area is 108 Å². The van der Waals surface area contributed by atoms with Gasteiger partial charge in [-0.05, 0) is 6.07 Å². The first-order valence-electron chi connectivity index (χ1n) is 5.42. The first kappa shape index (κ1) is 12.6. The summed E-state index contributed by atoms with van der Waals surface area (Å²) in [6, 6.07) is 2.93. The highest BCUT2D eigenvalue weighted by Gasteiger charge is 2.15. The second-order valence-corrected chi connectivity index (χ2v) is 6.28. The van der Waals surface area contributed by atoms with E-state index in [0.717, 1.165) is 11.5 Å². The maximum absolute atomic E-state index is 11.8. The molecule has 1 saturated heterocycles. The number of aromatic nitrogens is 1. The number of pyridine rings is 1. The zero-order chi connectivity index (χ0) is 12.1. The summed E-state index contributed by atoms with van der Waals surface area (Å²) in [5.74, 6) is 3.26. The molecule has 4 nitrogen and oxygen atoms in total. The number of hydrogen-bond acceptors (Lipinski definition) is 4. The fourth-order valence-electron chi connectivity index (χ4n) is 1.55. The highest BCUT2D eigenvalue weighted by atomic mass is 32.2. The maximum Gasteiger partial charge on any atom is 0.251 e. The molecule has 1 unspecified atom stereocenters. The van der Waals surface area contributed by atoms with Crippen molar-refractivity contribution in [3.63, 3.8) is 0 Å². The monoisotopic (exact) mass is 270 g/mol. The van der Waals surface area contributed by atoms with Gasteiger partial charge >= 0.3 is 0 Å². The quantitative estimate of drug-likeness (QED) is 0.858. The molecule has 1 aliphatic rings. The van der Waals surface area contributed by atoms with Gasteiger partial charge in [-0.3, -0.25) is 9.59 Å². The van der Waals surface area contributed by atoms with Crippen LogP contribution in [-0.4, -0.2) is 39.9 Å². The second-order valence-electron chi connectivity index (χ2n) is 3.72. The number of carbonyl (C=O) groups excluding carboxylic acids is 1. The van der Waals surface area contributed by atoms with E-state index in [1.165, 1.54) is 18.0 Å². The number of carbonyl (C=O) groups is 1. The van der Waals surface area contributed by atoms with Crippen molar-refractivity contribution in [3.05, 3.63) is 34.2 Å². The van der Waals surface area contributed by atoms with Crippen LogP contribution in [0.5, 0.6) is 0 Å². The van der Waals surface area contributed by atoms with E-state index in [1.807, 2.05) is 23.5 Å². The van der Waals surface area contributed by atoms with Crippen LogP contribution in [0.25, 0.3) is 0 Å². The molecule has 0 spiro atoms. The average molecular weight is 270 g/mol. The molecule has 2 heterocycles. The van der Waals surface area contributed by atoms with Crippen LogP contribution in [0, 0.1) is 0 Å². The van der Waals surface area contributed by atoms with Crippen LogP contribution in [0.15, 0.2) is 23.1 Å². The number of rotatable bonds is 3. The SMILES string of the molecule is O=C(NCC1CSCCS1)c1cc[nH]c(=O)c1. The van der Waals surface area contributed by atoms with Crippen LogP contribution in [0.4, 0.5) is 0 Å². The Balaban J connectivity index is 1.86. The minimum Gasteiger partial charge on any atom is -0.351 e. The molecular weight excluding hydrogens is 256 g/mol. The van der Waals surface area contributed by atoms with Gasteiger partial charge < -0.3 is 10.3 Å². The molecular formula is C11H14N2O2S2. The van der Waals surface area contributed by atoms with Gasteiger partial charge in [-0.25, -0.2) is 0 Å². The van der Waals surface area contributed by atoms with E-state index >= 15 is 0 Å². The van der Waals surface area contributed by atoms with Crippen molar-refractivity contribution in [1.29, 1.82) is 0 Å². The van der Waals surface area contributed by atoms with E-state index in [9.17, 15) is 9.59 Å². The highest BCUT2D eigenvalue weighted by molar-refractivity contribution is 8.06. The molecule has 1 amide bonds. The second kappa shape index (κ2) is 6.16. The third-order valence-electron chi connectivity index (χ3n) is 2.41. The van der Waals surface area contributed by atoms with Crippen LogP contribution >= 0.6 is 23.5 Å². The standard InChI is InChI=1S/C11H14N2O2S2/c14-10-5-8(1-2-12-10)11(15)13-6-9-7-16-3-4-17-9/h1-2,5,9H,3-4,6-7H2,(H,12,14)(H,13,15). The molecule has 2 rings (SSSR count). The van der Waals surface area contributed by atoms with Crippen molar-refractivity contribution in [2.24, 2.45) is 0 Å². The van der Waals surface area contributed by atoms with Gasteiger partial charge in [0.15, 0.2) is 0 Å². The van der Waals surface area contributed by atoms with Gasteiger partial charge in [0.1, 0.15) is 0 Å². The van der Waals surface area contributed by atoms with E-state index in [0.29, 0.717) is 17.4 Å². The van der Waals surface area contributed by atoms with Gasteiger partial charge in [-0.15, -0.1) is 0 Å². The lowest BCUT2D eigenvalue weighted by atomic mass is 10.2. The van der Waals surface area contributed by atoms with Crippen LogP contribution in [0.3, 0.4) is 0 Å². The lowest BCUT2D eigenvalue weighted by Gasteiger charge is -2.21. The molecule has 2 N–H and O–H groups in total. The zero-order valence-electron chi connectivity index (χ0n) is 9.27. The molecule has 0 radical (unpaired) electrons. The van der Waals surface area contributed by atoms with Crippen molar-refractivity contribution in [1.82, 2.24) is 10.3 Å². The fourth-order valence-corrected chi connectivity index (χ4v) is 4.16. The van der Waals surface area contributed by atoms with E-state index < -0.39 is 0 Å². The summed E-state index contributed by atoms with van der Waals surface area (Å²) in [5.41, 5.74) is 0.169. The van der Waals surface area contributed by atoms with Crippen molar-refractivity contribution >= 4 is 29.4 Å². The average Bonchev–Trinajstić information content (AvgIpc) is 2.37. The van der Waals surface area contributed by atoms with Gasteiger partial charge in [0.2, 0.25) is 5.56 Å². The summed E-state index contributed by atoms with van der Waals surface area (Å²) in [6.07, 6.45) is 1.49. The smallest absolute Gasteiger partial charge is 0.251 e. The molecule has 1 fully saturated rings. The van der Waals surface area contributed by atoms with E-state index in [2.05, 4.69) is 10.3 Å². The fraction of sp³-hybridized carbons (Fsp3) is 0.455. The van der Waals surface area contributed by atoms with Crippen LogP contribution in [-0.2, 0) is 0 Å². The van der Waals surface area contributed by atoms with Gasteiger partial charge in [-0.2, -0.15) is 23.5 Å². The first-order valence-corrected chi connectivity index (χ1v) is 7.62. The van der Waals surface area contributed by atoms with Gasteiger partial charge in [-0.1, -0.05) is 0 Å². The molecule has 0 bridgehead atoms. The largest absolute Gasteiger partial charge is 0.351 e. The summed E-state index contributed by atoms with van der Waals surface area (Å²) in [6.45, 7) is 0.670. The van der Waals surface area contributed by atoms with Crippen molar-refractivity contribution in [2.45, 2.75) is 5.25 Å². The minimum absolute atomic E-state index is 0.174. The van der Waals surface area contributed by atoms with Crippen molar-refractivity contribution in [3.8, 4) is 0 Å². The number of hydrogen-bond donors (Lipinski definition) is 2. The number of amides is 1. The molecule has 6 heteroatoms. The highest BCUT2D eigenvalue weighted by Crippen LogP contribution is 2.23. The Hall–Kier alpha value is -0.880. The topological polar surface area (TPSA) is 62.0 Å². The Morgan fingerprint density at radius 2 is 2.41 bits per heavy atom. The van der Waals surface area contributed by atoms with E-state index in [1.54, 1.807) is 6.07 Å². The van der Waals surface area contributed by atoms with Crippen LogP contribution in [0.2, 0.25) is 0 Å². The van der Waals surface area contributed by atoms with Crippen molar-refractivity contribution in [2.75, 3.05) is 23.8 Å². The summed E-state index contributed by atoms with van der Waals surface area (Å²) in [4.78, 5) is 25.3. The third-order valence-corrected chi connectivity index (χ3v) is 5.26. The first-order chi connectivity index (χ1) is 8.25. The number of thioether (sulfide) groups is 2. The molecule has 0 aromatic carbocycles. The van der Waals surface area contributed by atoms with Crippen LogP contribution in [0.1, 0.15) is 10.4 Å². The normalized spacial score (nSPS) is 19.9. The molecule has 17 heavy (non-hydrogen) atoms. The van der Waals surface area contributed by atoms with Gasteiger partial charge in [0.05, 0.1) is 0 Å². The Kier molecular flexibility index (Phi) is 4.56. The predicted octanol–water partition coefficient (Wildman–Crippen LogP) is 0.953. The number of aromatic amines is 1. The zero-order valence-corrected chi connectivity index (χ0v) is 10.9. The summed E-state index contributed by atoms with van der Waals surface area (Å²) in [7, 11) is 0. The summed E-state index contributed by atoms with van der Waals surface area (Å²) in [5, 5.41) is 3.36. The molecule has 1 aromatic rings. The molecule has 0 aliphatic carbocycles. The molecule has 0 saturated carbocycles. The van der Waals surface area contributed by atoms with E-state index in [4.69, 9.17) is 0 Å². The lowest BCUT2D eigenvalue weighted by molar-refractivity contribution is 0.0954.